The number of nitrogens with one attached hydrogen (secondary N) is 1. The van der Waals surface area contributed by atoms with Gasteiger partial charge < -0.3 is 16.0 Å². The molecule has 1 aromatic carbocycles. The summed E-state index contributed by atoms with van der Waals surface area (Å²) in [6.45, 7) is 5.05. The van der Waals surface area contributed by atoms with Gasteiger partial charge in [-0.3, -0.25) is 4.79 Å². The van der Waals surface area contributed by atoms with E-state index in [1.54, 1.807) is 0 Å². The number of piperidine rings is 1. The largest absolute Gasteiger partial charge is 0.369 e. The first-order valence-corrected chi connectivity index (χ1v) is 9.95. The number of amides is 1. The van der Waals surface area contributed by atoms with E-state index in [9.17, 15) is 4.79 Å². The molecule has 1 aliphatic rings. The number of primary amides is 1. The van der Waals surface area contributed by atoms with Gasteiger partial charge in [0.1, 0.15) is 0 Å². The van der Waals surface area contributed by atoms with Crippen molar-refractivity contribution in [1.29, 1.82) is 0 Å². The molecule has 1 aromatic heterocycles. The molecule has 134 valence electrons. The summed E-state index contributed by atoms with van der Waals surface area (Å²) < 4.78 is 0. The maximum atomic E-state index is 11.2. The molecule has 2 heterocycles. The van der Waals surface area contributed by atoms with Crippen LogP contribution < -0.4 is 11.1 Å². The lowest BCUT2D eigenvalue weighted by atomic mass is 9.96. The van der Waals surface area contributed by atoms with Crippen LogP contribution in [0.25, 0.3) is 11.1 Å². The van der Waals surface area contributed by atoms with Gasteiger partial charge in [0, 0.05) is 17.3 Å². The maximum Gasteiger partial charge on any atom is 0.220 e. The number of likely N-dealkylation sites (tertiary alicyclic amines) is 1. The molecule has 0 bridgehead atoms. The summed E-state index contributed by atoms with van der Waals surface area (Å²) in [4.78, 5) is 15.0. The molecule has 0 saturated carbocycles. The second kappa shape index (κ2) is 9.13. The van der Waals surface area contributed by atoms with E-state index < -0.39 is 0 Å². The van der Waals surface area contributed by atoms with Gasteiger partial charge in [-0.05, 0) is 68.0 Å². The van der Waals surface area contributed by atoms with Gasteiger partial charge in [0.05, 0.1) is 0 Å². The highest BCUT2D eigenvalue weighted by atomic mass is 32.1. The lowest BCUT2D eigenvalue weighted by Crippen LogP contribution is -2.39. The van der Waals surface area contributed by atoms with Gasteiger partial charge in [-0.25, -0.2) is 0 Å². The average molecular weight is 358 g/mol. The van der Waals surface area contributed by atoms with Crippen LogP contribution in [0, 0.1) is 5.92 Å². The van der Waals surface area contributed by atoms with Crippen LogP contribution in [0.15, 0.2) is 41.8 Å². The summed E-state index contributed by atoms with van der Waals surface area (Å²) >= 11 is 1.82. The lowest BCUT2D eigenvalue weighted by molar-refractivity contribution is -0.123. The minimum Gasteiger partial charge on any atom is -0.369 e. The van der Waals surface area contributed by atoms with E-state index in [0.29, 0.717) is 0 Å². The van der Waals surface area contributed by atoms with Crippen LogP contribution in [-0.2, 0) is 11.3 Å². The number of nitrogens with zero attached hydrogens (tertiary/aromatic N) is 1. The Hall–Kier alpha value is -1.69. The van der Waals surface area contributed by atoms with E-state index in [-0.39, 0.29) is 11.8 Å². The van der Waals surface area contributed by atoms with Crippen molar-refractivity contribution >= 4 is 17.2 Å². The number of rotatable bonds is 8. The average Bonchev–Trinajstić information content (AvgIpc) is 3.11. The first-order valence-electron chi connectivity index (χ1n) is 9.07. The lowest BCUT2D eigenvalue weighted by Gasteiger charge is -2.30. The van der Waals surface area contributed by atoms with Crippen molar-refractivity contribution in [3.8, 4) is 11.1 Å². The fraction of sp³-hybridized carbons (Fsp3) is 0.450. The fourth-order valence-corrected chi connectivity index (χ4v) is 4.20. The smallest absolute Gasteiger partial charge is 0.220 e. The third-order valence-corrected chi connectivity index (χ3v) is 5.81. The minimum atomic E-state index is -0.132. The quantitative estimate of drug-likeness (QED) is 0.714. The molecule has 4 nitrogen and oxygen atoms in total. The molecule has 1 amide bonds. The van der Waals surface area contributed by atoms with Crippen LogP contribution in [0.3, 0.4) is 0 Å². The number of nitrogens with two attached hydrogens (primary N) is 1. The molecular weight excluding hydrogens is 330 g/mol. The van der Waals surface area contributed by atoms with Crippen LogP contribution in [0.4, 0.5) is 0 Å². The molecule has 3 N–H and O–H groups in total. The fourth-order valence-electron chi connectivity index (χ4n) is 3.34. The first kappa shape index (κ1) is 18.1. The first-order chi connectivity index (χ1) is 12.2. The van der Waals surface area contributed by atoms with Gasteiger partial charge in [-0.15, -0.1) is 11.3 Å². The maximum absolute atomic E-state index is 11.2. The zero-order valence-corrected chi connectivity index (χ0v) is 15.4. The van der Waals surface area contributed by atoms with E-state index >= 15 is 0 Å². The Balaban J connectivity index is 1.32. The minimum absolute atomic E-state index is 0.0898. The molecule has 1 saturated heterocycles. The van der Waals surface area contributed by atoms with Crippen molar-refractivity contribution in [2.24, 2.45) is 11.7 Å². The SMILES string of the molecule is NC(=O)C1CCN(CCCNCc2cc(-c3ccccc3)cs2)CC1. The van der Waals surface area contributed by atoms with Gasteiger partial charge in [-0.2, -0.15) is 0 Å². The van der Waals surface area contributed by atoms with Crippen LogP contribution in [0.2, 0.25) is 0 Å². The normalized spacial score (nSPS) is 16.2. The van der Waals surface area contributed by atoms with E-state index in [4.69, 9.17) is 5.73 Å². The van der Waals surface area contributed by atoms with Crippen LogP contribution in [-0.4, -0.2) is 37.0 Å². The van der Waals surface area contributed by atoms with Gasteiger partial charge >= 0.3 is 0 Å². The predicted octanol–water partition coefficient (Wildman–Crippen LogP) is 3.09. The molecule has 1 fully saturated rings. The standard InChI is InChI=1S/C20H27N3OS/c21-20(24)17-7-11-23(12-8-17)10-4-9-22-14-19-13-18(15-25-19)16-5-2-1-3-6-16/h1-3,5-6,13,15,17,22H,4,7-12,14H2,(H2,21,24). The van der Waals surface area contributed by atoms with Crippen molar-refractivity contribution in [3.63, 3.8) is 0 Å². The number of thiophene rings is 1. The Bertz CT molecular complexity index is 663. The van der Waals surface area contributed by atoms with Crippen molar-refractivity contribution in [3.05, 3.63) is 46.7 Å². The monoisotopic (exact) mass is 357 g/mol. The molecule has 0 spiro atoms. The van der Waals surface area contributed by atoms with Crippen molar-refractivity contribution in [2.75, 3.05) is 26.2 Å². The van der Waals surface area contributed by atoms with E-state index in [2.05, 4.69) is 52.0 Å². The molecule has 0 unspecified atom stereocenters. The van der Waals surface area contributed by atoms with E-state index in [1.165, 1.54) is 16.0 Å². The Morgan fingerprint density at radius 2 is 1.96 bits per heavy atom. The Morgan fingerprint density at radius 1 is 1.20 bits per heavy atom. The zero-order chi connectivity index (χ0) is 17.5. The molecular formula is C20H27N3OS. The highest BCUT2D eigenvalue weighted by Crippen LogP contribution is 2.25. The molecule has 5 heteroatoms. The Labute approximate surface area is 154 Å². The van der Waals surface area contributed by atoms with Crippen molar-refractivity contribution < 1.29 is 4.79 Å². The third-order valence-electron chi connectivity index (χ3n) is 4.88. The second-order valence-corrected chi connectivity index (χ2v) is 7.71. The summed E-state index contributed by atoms with van der Waals surface area (Å²) in [7, 11) is 0. The zero-order valence-electron chi connectivity index (χ0n) is 14.6. The predicted molar refractivity (Wildman–Crippen MR) is 104 cm³/mol. The van der Waals surface area contributed by atoms with Gasteiger partial charge in [-0.1, -0.05) is 30.3 Å². The van der Waals surface area contributed by atoms with E-state index in [0.717, 1.165) is 52.0 Å². The summed E-state index contributed by atoms with van der Waals surface area (Å²) in [5.74, 6) is -0.0425. The molecule has 25 heavy (non-hydrogen) atoms. The topological polar surface area (TPSA) is 58.4 Å². The van der Waals surface area contributed by atoms with Crippen molar-refractivity contribution in [2.45, 2.75) is 25.8 Å². The number of benzene rings is 1. The summed E-state index contributed by atoms with van der Waals surface area (Å²) in [5, 5.41) is 5.77. The van der Waals surface area contributed by atoms with E-state index in [1.807, 2.05) is 11.3 Å². The molecule has 3 rings (SSSR count). The molecule has 0 radical (unpaired) electrons. The number of hydrogen-bond acceptors (Lipinski definition) is 4. The summed E-state index contributed by atoms with van der Waals surface area (Å²) in [6.07, 6.45) is 2.97. The molecule has 0 aliphatic carbocycles. The van der Waals surface area contributed by atoms with Crippen molar-refractivity contribution in [1.82, 2.24) is 10.2 Å². The molecule has 0 atom stereocenters. The summed E-state index contributed by atoms with van der Waals surface area (Å²) in [6, 6.07) is 12.8. The third kappa shape index (κ3) is 5.39. The summed E-state index contributed by atoms with van der Waals surface area (Å²) in [5.41, 5.74) is 7.97. The molecule has 1 aliphatic heterocycles. The molecule has 2 aromatic rings. The van der Waals surface area contributed by atoms with Crippen LogP contribution in [0.1, 0.15) is 24.1 Å². The number of carbonyl (C=O) groups excluding carboxylic acids is 1. The Morgan fingerprint density at radius 3 is 2.68 bits per heavy atom. The van der Waals surface area contributed by atoms with Crippen LogP contribution in [0.5, 0.6) is 0 Å². The van der Waals surface area contributed by atoms with Gasteiger partial charge in [0.25, 0.3) is 0 Å². The van der Waals surface area contributed by atoms with Crippen LogP contribution >= 0.6 is 11.3 Å². The Kier molecular flexibility index (Phi) is 6.62. The van der Waals surface area contributed by atoms with Gasteiger partial charge in [0.2, 0.25) is 5.91 Å². The number of carbonyl (C=O) groups is 1. The highest BCUT2D eigenvalue weighted by Gasteiger charge is 2.22. The second-order valence-electron chi connectivity index (χ2n) is 6.72. The highest BCUT2D eigenvalue weighted by molar-refractivity contribution is 7.10. The van der Waals surface area contributed by atoms with Gasteiger partial charge in [0.15, 0.2) is 0 Å². The number of hydrogen-bond donors (Lipinski definition) is 2.